The van der Waals surface area contributed by atoms with Crippen LogP contribution in [0.5, 0.6) is 5.75 Å². The van der Waals surface area contributed by atoms with Gasteiger partial charge in [0.05, 0.1) is 24.9 Å². The molecule has 2 unspecified atom stereocenters. The van der Waals surface area contributed by atoms with Crippen molar-refractivity contribution in [1.29, 1.82) is 0 Å². The van der Waals surface area contributed by atoms with Gasteiger partial charge in [0.2, 0.25) is 0 Å². The molecule has 0 amide bonds. The van der Waals surface area contributed by atoms with E-state index in [4.69, 9.17) is 19.9 Å². The minimum Gasteiger partial charge on any atom is -0.497 e. The van der Waals surface area contributed by atoms with Crippen LogP contribution in [0.15, 0.2) is 18.2 Å². The van der Waals surface area contributed by atoms with Gasteiger partial charge in [-0.05, 0) is 38.0 Å². The van der Waals surface area contributed by atoms with Crippen LogP contribution in [0.25, 0.3) is 0 Å². The van der Waals surface area contributed by atoms with Gasteiger partial charge >= 0.3 is 5.97 Å². The summed E-state index contributed by atoms with van der Waals surface area (Å²) in [4.78, 5) is 12.0. The average molecular weight is 265 g/mol. The van der Waals surface area contributed by atoms with E-state index >= 15 is 0 Å². The number of esters is 1. The lowest BCUT2D eigenvalue weighted by Gasteiger charge is -2.13. The Morgan fingerprint density at radius 2 is 2.26 bits per heavy atom. The number of hydrogen-bond donors (Lipinski definition) is 1. The molecule has 0 aliphatic carbocycles. The summed E-state index contributed by atoms with van der Waals surface area (Å²) in [5.74, 6) is 0.131. The van der Waals surface area contributed by atoms with Crippen molar-refractivity contribution < 1.29 is 19.0 Å². The largest absolute Gasteiger partial charge is 0.497 e. The number of nitrogen functional groups attached to an aromatic ring is 1. The molecule has 2 atom stereocenters. The molecule has 0 bridgehead atoms. The van der Waals surface area contributed by atoms with Crippen molar-refractivity contribution in [3.8, 4) is 5.75 Å². The van der Waals surface area contributed by atoms with Gasteiger partial charge in [0.1, 0.15) is 12.4 Å². The fraction of sp³-hybridized carbons (Fsp3) is 0.500. The molecule has 0 saturated carbocycles. The molecule has 5 nitrogen and oxygen atoms in total. The molecule has 19 heavy (non-hydrogen) atoms. The predicted molar refractivity (Wildman–Crippen MR) is 71.3 cm³/mol. The lowest BCUT2D eigenvalue weighted by Crippen LogP contribution is -2.19. The highest BCUT2D eigenvalue weighted by molar-refractivity contribution is 5.95. The summed E-state index contributed by atoms with van der Waals surface area (Å²) in [6, 6.07) is 4.91. The summed E-state index contributed by atoms with van der Waals surface area (Å²) >= 11 is 0. The van der Waals surface area contributed by atoms with Gasteiger partial charge in [0.25, 0.3) is 0 Å². The minimum atomic E-state index is -0.445. The zero-order valence-corrected chi connectivity index (χ0v) is 11.2. The number of rotatable bonds is 4. The quantitative estimate of drug-likeness (QED) is 0.666. The third kappa shape index (κ3) is 3.38. The fourth-order valence-corrected chi connectivity index (χ4v) is 2.09. The van der Waals surface area contributed by atoms with Gasteiger partial charge in [-0.15, -0.1) is 0 Å². The van der Waals surface area contributed by atoms with E-state index in [1.54, 1.807) is 18.2 Å². The van der Waals surface area contributed by atoms with E-state index in [2.05, 4.69) is 0 Å². The molecule has 5 heteroatoms. The molecule has 1 saturated heterocycles. The Morgan fingerprint density at radius 3 is 2.89 bits per heavy atom. The number of benzene rings is 1. The van der Waals surface area contributed by atoms with Crippen LogP contribution in [0.1, 0.15) is 30.1 Å². The monoisotopic (exact) mass is 265 g/mol. The molecular weight excluding hydrogens is 246 g/mol. The number of ether oxygens (including phenoxy) is 3. The first kappa shape index (κ1) is 13.7. The maximum Gasteiger partial charge on any atom is 0.340 e. The highest BCUT2D eigenvalue weighted by Crippen LogP contribution is 2.22. The van der Waals surface area contributed by atoms with Crippen molar-refractivity contribution in [2.24, 2.45) is 0 Å². The number of methoxy groups -OCH3 is 1. The summed E-state index contributed by atoms with van der Waals surface area (Å²) in [6.45, 7) is 2.28. The predicted octanol–water partition coefficient (Wildman–Crippen LogP) is 2.00. The lowest BCUT2D eigenvalue weighted by molar-refractivity contribution is -0.00261. The molecule has 0 radical (unpaired) electrons. The summed E-state index contributed by atoms with van der Waals surface area (Å²) in [6.07, 6.45) is 2.15. The molecule has 0 spiro atoms. The van der Waals surface area contributed by atoms with Crippen LogP contribution >= 0.6 is 0 Å². The second-order valence-corrected chi connectivity index (χ2v) is 4.70. The molecule has 0 aromatic heterocycles. The Hall–Kier alpha value is -1.75. The SMILES string of the molecule is COc1ccc(N)c(C(=O)OCC2CCC(C)O2)c1. The molecule has 1 fully saturated rings. The topological polar surface area (TPSA) is 70.8 Å². The van der Waals surface area contributed by atoms with Crippen LogP contribution in [0.4, 0.5) is 5.69 Å². The molecule has 1 heterocycles. The van der Waals surface area contributed by atoms with E-state index < -0.39 is 5.97 Å². The lowest BCUT2D eigenvalue weighted by atomic mass is 10.1. The van der Waals surface area contributed by atoms with Gasteiger partial charge in [0, 0.05) is 5.69 Å². The zero-order chi connectivity index (χ0) is 13.8. The zero-order valence-electron chi connectivity index (χ0n) is 11.2. The third-order valence-corrected chi connectivity index (χ3v) is 3.20. The Labute approximate surface area is 112 Å². The molecule has 1 aliphatic rings. The first-order valence-electron chi connectivity index (χ1n) is 6.36. The van der Waals surface area contributed by atoms with Crippen molar-refractivity contribution in [1.82, 2.24) is 0 Å². The smallest absolute Gasteiger partial charge is 0.340 e. The number of anilines is 1. The standard InChI is InChI=1S/C14H19NO4/c1-9-3-4-11(19-9)8-18-14(16)12-7-10(17-2)5-6-13(12)15/h5-7,9,11H,3-4,8,15H2,1-2H3. The van der Waals surface area contributed by atoms with Crippen molar-refractivity contribution >= 4 is 11.7 Å². The maximum absolute atomic E-state index is 12.0. The molecule has 1 aliphatic heterocycles. The van der Waals surface area contributed by atoms with Gasteiger partial charge in [-0.2, -0.15) is 0 Å². The van der Waals surface area contributed by atoms with Crippen LogP contribution in [0.3, 0.4) is 0 Å². The average Bonchev–Trinajstić information content (AvgIpc) is 2.82. The molecule has 1 aromatic rings. The summed E-state index contributed by atoms with van der Waals surface area (Å²) in [5, 5.41) is 0. The Morgan fingerprint density at radius 1 is 1.47 bits per heavy atom. The Bertz CT molecular complexity index is 461. The molecule has 2 N–H and O–H groups in total. The first-order chi connectivity index (χ1) is 9.10. The van der Waals surface area contributed by atoms with Gasteiger partial charge in [-0.25, -0.2) is 4.79 Å². The van der Waals surface area contributed by atoms with Crippen molar-refractivity contribution in [2.45, 2.75) is 32.0 Å². The third-order valence-electron chi connectivity index (χ3n) is 3.20. The molecule has 1 aromatic carbocycles. The van der Waals surface area contributed by atoms with Crippen LogP contribution in [0, 0.1) is 0 Å². The minimum absolute atomic E-state index is 0.00853. The summed E-state index contributed by atoms with van der Waals surface area (Å²) in [5.41, 5.74) is 6.47. The number of carbonyl (C=O) groups excluding carboxylic acids is 1. The van der Waals surface area contributed by atoms with E-state index in [-0.39, 0.29) is 18.8 Å². The molecule has 104 valence electrons. The number of hydrogen-bond acceptors (Lipinski definition) is 5. The van der Waals surface area contributed by atoms with Gasteiger partial charge in [0.15, 0.2) is 0 Å². The van der Waals surface area contributed by atoms with Crippen LogP contribution in [-0.4, -0.2) is 31.9 Å². The van der Waals surface area contributed by atoms with Gasteiger partial charge < -0.3 is 19.9 Å². The van der Waals surface area contributed by atoms with Crippen molar-refractivity contribution in [3.05, 3.63) is 23.8 Å². The Kier molecular flexibility index (Phi) is 4.27. The summed E-state index contributed by atoms with van der Waals surface area (Å²) < 4.78 is 15.9. The summed E-state index contributed by atoms with van der Waals surface area (Å²) in [7, 11) is 1.54. The van der Waals surface area contributed by atoms with Crippen LogP contribution in [-0.2, 0) is 9.47 Å². The first-order valence-corrected chi connectivity index (χ1v) is 6.36. The number of nitrogens with two attached hydrogens (primary N) is 1. The van der Waals surface area contributed by atoms with Crippen molar-refractivity contribution in [2.75, 3.05) is 19.5 Å². The number of carbonyl (C=O) groups is 1. The highest BCUT2D eigenvalue weighted by Gasteiger charge is 2.23. The van der Waals surface area contributed by atoms with Gasteiger partial charge in [-0.3, -0.25) is 0 Å². The van der Waals surface area contributed by atoms with Crippen molar-refractivity contribution in [3.63, 3.8) is 0 Å². The van der Waals surface area contributed by atoms with E-state index in [9.17, 15) is 4.79 Å². The van der Waals surface area contributed by atoms with Crippen LogP contribution < -0.4 is 10.5 Å². The van der Waals surface area contributed by atoms with Crippen LogP contribution in [0.2, 0.25) is 0 Å². The van der Waals surface area contributed by atoms with E-state index in [1.165, 1.54) is 7.11 Å². The highest BCUT2D eigenvalue weighted by atomic mass is 16.6. The van der Waals surface area contributed by atoms with Gasteiger partial charge in [-0.1, -0.05) is 0 Å². The van der Waals surface area contributed by atoms with E-state index in [1.807, 2.05) is 6.92 Å². The molecular formula is C14H19NO4. The normalized spacial score (nSPS) is 22.2. The second-order valence-electron chi connectivity index (χ2n) is 4.70. The van der Waals surface area contributed by atoms with E-state index in [0.29, 0.717) is 17.0 Å². The molecule has 2 rings (SSSR count). The fourth-order valence-electron chi connectivity index (χ4n) is 2.09. The Balaban J connectivity index is 1.96. The second kappa shape index (κ2) is 5.93. The maximum atomic E-state index is 12.0. The van der Waals surface area contributed by atoms with E-state index in [0.717, 1.165) is 12.8 Å².